The molecule has 39 heavy (non-hydrogen) atoms. The summed E-state index contributed by atoms with van der Waals surface area (Å²) in [6.45, 7) is 14.7. The zero-order chi connectivity index (χ0) is 29.3. The molecule has 0 unspecified atom stereocenters. The minimum absolute atomic E-state index is 0.0456. The maximum Gasteiger partial charge on any atom is 0.331 e. The van der Waals surface area contributed by atoms with Crippen LogP contribution in [0.25, 0.3) is 0 Å². The van der Waals surface area contributed by atoms with E-state index in [-0.39, 0.29) is 35.1 Å². The molecule has 1 heterocycles. The summed E-state index contributed by atoms with van der Waals surface area (Å²) in [6.07, 6.45) is 18.8. The third-order valence-electron chi connectivity index (χ3n) is 7.55. The largest absolute Gasteiger partial charge is 0.458 e. The number of allylic oxidation sites excluding steroid dienone is 9. The summed E-state index contributed by atoms with van der Waals surface area (Å²) < 4.78 is 5.86. The van der Waals surface area contributed by atoms with Crippen LogP contribution in [0.15, 0.2) is 71.9 Å². The van der Waals surface area contributed by atoms with Gasteiger partial charge in [0.25, 0.3) is 0 Å². The van der Waals surface area contributed by atoms with Crippen molar-refractivity contribution in [1.29, 1.82) is 0 Å². The molecule has 2 rings (SSSR count). The molecule has 7 heteroatoms. The first-order valence-electron chi connectivity index (χ1n) is 13.7. The number of carbonyl (C=O) groups excluding carboxylic acids is 3. The van der Waals surface area contributed by atoms with E-state index in [4.69, 9.17) is 4.74 Å². The van der Waals surface area contributed by atoms with Crippen molar-refractivity contribution < 1.29 is 24.2 Å². The Bertz CT molecular complexity index is 1080. The zero-order valence-corrected chi connectivity index (χ0v) is 24.6. The lowest BCUT2D eigenvalue weighted by Crippen LogP contribution is -2.48. The lowest BCUT2D eigenvalue weighted by Gasteiger charge is -2.38. The predicted molar refractivity (Wildman–Crippen MR) is 155 cm³/mol. The van der Waals surface area contributed by atoms with Gasteiger partial charge in [-0.1, -0.05) is 86.6 Å². The van der Waals surface area contributed by atoms with Gasteiger partial charge >= 0.3 is 5.97 Å². The van der Waals surface area contributed by atoms with Gasteiger partial charge in [0.1, 0.15) is 6.10 Å². The first-order chi connectivity index (χ1) is 18.2. The second-order valence-corrected chi connectivity index (χ2v) is 11.4. The fourth-order valence-electron chi connectivity index (χ4n) is 5.27. The highest BCUT2D eigenvalue weighted by Crippen LogP contribution is 2.41. The second kappa shape index (κ2) is 14.3. The summed E-state index contributed by atoms with van der Waals surface area (Å²) in [5, 5.41) is 16.7. The molecule has 8 atom stereocenters. The summed E-state index contributed by atoms with van der Waals surface area (Å²) in [5.41, 5.74) is 1.78. The van der Waals surface area contributed by atoms with Gasteiger partial charge in [0.2, 0.25) is 11.8 Å². The van der Waals surface area contributed by atoms with E-state index in [1.807, 2.05) is 52.0 Å². The number of nitrogens with one attached hydrogen (secondary N) is 2. The maximum atomic E-state index is 12.8. The van der Waals surface area contributed by atoms with Crippen molar-refractivity contribution in [1.82, 2.24) is 10.6 Å². The van der Waals surface area contributed by atoms with Crippen LogP contribution in [0.1, 0.15) is 61.8 Å². The van der Waals surface area contributed by atoms with Crippen LogP contribution in [0.4, 0.5) is 0 Å². The molecule has 0 spiro atoms. The van der Waals surface area contributed by atoms with Crippen LogP contribution in [-0.2, 0) is 19.1 Å². The molecule has 1 aliphatic carbocycles. The number of esters is 1. The number of hydrogen-bond acceptors (Lipinski definition) is 5. The summed E-state index contributed by atoms with van der Waals surface area (Å²) in [5.74, 6) is -1.32. The van der Waals surface area contributed by atoms with E-state index in [9.17, 15) is 19.5 Å². The Labute approximate surface area is 233 Å². The molecule has 2 amide bonds. The van der Waals surface area contributed by atoms with Crippen molar-refractivity contribution in [2.24, 2.45) is 23.2 Å². The topological polar surface area (TPSA) is 105 Å². The number of fused-ring (bicyclic) bond motifs is 1. The average molecular weight is 539 g/mol. The van der Waals surface area contributed by atoms with Crippen molar-refractivity contribution in [2.75, 3.05) is 0 Å². The summed E-state index contributed by atoms with van der Waals surface area (Å²) in [4.78, 5) is 36.0. The van der Waals surface area contributed by atoms with Crippen molar-refractivity contribution in [3.05, 3.63) is 71.9 Å². The fraction of sp³-hybridized carbons (Fsp3) is 0.531. The van der Waals surface area contributed by atoms with Gasteiger partial charge in [-0.25, -0.2) is 4.79 Å². The number of hydrogen-bond donors (Lipinski definition) is 3. The maximum absolute atomic E-state index is 12.8. The van der Waals surface area contributed by atoms with Crippen LogP contribution in [0.2, 0.25) is 0 Å². The fourth-order valence-corrected chi connectivity index (χ4v) is 5.27. The highest BCUT2D eigenvalue weighted by molar-refractivity contribution is 5.82. The van der Waals surface area contributed by atoms with E-state index >= 15 is 0 Å². The quantitative estimate of drug-likeness (QED) is 0.347. The van der Waals surface area contributed by atoms with E-state index in [0.717, 1.165) is 17.6 Å². The normalized spacial score (nSPS) is 35.4. The van der Waals surface area contributed by atoms with Crippen molar-refractivity contribution in [3.8, 4) is 0 Å². The van der Waals surface area contributed by atoms with Gasteiger partial charge in [-0.2, -0.15) is 0 Å². The molecule has 7 nitrogen and oxygen atoms in total. The van der Waals surface area contributed by atoms with Crippen molar-refractivity contribution >= 4 is 17.8 Å². The van der Waals surface area contributed by atoms with Crippen LogP contribution < -0.4 is 10.6 Å². The number of ether oxygens (including phenoxy) is 1. The van der Waals surface area contributed by atoms with E-state index in [0.29, 0.717) is 0 Å². The van der Waals surface area contributed by atoms with Gasteiger partial charge in [-0.05, 0) is 32.6 Å². The van der Waals surface area contributed by atoms with E-state index in [2.05, 4.69) is 41.9 Å². The number of rotatable bonds is 5. The summed E-state index contributed by atoms with van der Waals surface area (Å²) in [7, 11) is 0. The highest BCUT2D eigenvalue weighted by Gasteiger charge is 2.35. The molecule has 1 aliphatic heterocycles. The molecular formula is C32H46N2O5. The molecule has 0 saturated heterocycles. The molecule has 0 aromatic carbocycles. The van der Waals surface area contributed by atoms with E-state index < -0.39 is 30.1 Å². The summed E-state index contributed by atoms with van der Waals surface area (Å²) >= 11 is 0. The molecule has 3 N–H and O–H groups in total. The summed E-state index contributed by atoms with van der Waals surface area (Å²) in [6, 6.07) is -0.546. The Hall–Kier alpha value is -3.19. The van der Waals surface area contributed by atoms with Crippen LogP contribution in [-0.4, -0.2) is 47.2 Å². The zero-order valence-electron chi connectivity index (χ0n) is 24.6. The molecule has 214 valence electrons. The Morgan fingerprint density at radius 2 is 1.74 bits per heavy atom. The third kappa shape index (κ3) is 9.81. The Morgan fingerprint density at radius 3 is 2.38 bits per heavy atom. The standard InChI is InChI=1S/C32H46N2O5/c1-20-10-9-11-29(37)39-31(23(4)30(38)24(5)33-25(6)35)22(3)13-12-21(2)18-27-14-15-28(34-26(7)36)19-32(27,8)17-16-20/h9-18,22-24,27-28,30-31,38H,19H2,1-8H3,(H,33,35)(H,34,36)/b11-9+,13-12+,17-16+,20-10-,21-18+/t22-,23-,24-,27-,28+,30+,31-,32-/m1/s1. The van der Waals surface area contributed by atoms with Crippen LogP contribution in [0, 0.1) is 23.2 Å². The van der Waals surface area contributed by atoms with E-state index in [1.54, 1.807) is 13.0 Å². The number of amides is 2. The molecule has 0 aromatic rings. The van der Waals surface area contributed by atoms with Gasteiger partial charge in [0, 0.05) is 43.7 Å². The Morgan fingerprint density at radius 1 is 1.05 bits per heavy atom. The van der Waals surface area contributed by atoms with Gasteiger partial charge in [0.05, 0.1) is 12.1 Å². The molecule has 0 saturated carbocycles. The molecule has 0 bridgehead atoms. The Balaban J connectivity index is 2.47. The number of aliphatic hydroxyl groups excluding tert-OH is 1. The van der Waals surface area contributed by atoms with Gasteiger partial charge < -0.3 is 20.5 Å². The predicted octanol–water partition coefficient (Wildman–Crippen LogP) is 4.72. The first-order valence-corrected chi connectivity index (χ1v) is 13.7. The third-order valence-corrected chi connectivity index (χ3v) is 7.55. The minimum atomic E-state index is -0.911. The first kappa shape index (κ1) is 32.0. The number of cyclic esters (lactones) is 1. The van der Waals surface area contributed by atoms with Crippen molar-refractivity contribution in [2.45, 2.75) is 86.1 Å². The monoisotopic (exact) mass is 538 g/mol. The number of carbonyl (C=O) groups is 3. The van der Waals surface area contributed by atoms with Gasteiger partial charge in [-0.15, -0.1) is 0 Å². The molecule has 0 aromatic heterocycles. The smallest absolute Gasteiger partial charge is 0.331 e. The number of aliphatic hydroxyl groups is 1. The molecule has 0 radical (unpaired) electrons. The van der Waals surface area contributed by atoms with Crippen molar-refractivity contribution in [3.63, 3.8) is 0 Å². The Kier molecular flexibility index (Phi) is 11.7. The SMILES string of the molecule is CC(=O)N[C@H]1C=C[C@@H]2/C=C(C)/C=C/[C@@H](C)[C@H]([C@H](C)[C@H](O)[C@@H](C)NC(C)=O)OC(=O)/C=C/C=C(C)\C=C\[C@]2(C)C1. The van der Waals surface area contributed by atoms with Crippen LogP contribution >= 0.6 is 0 Å². The van der Waals surface area contributed by atoms with E-state index in [1.165, 1.54) is 19.9 Å². The van der Waals surface area contributed by atoms with Gasteiger partial charge in [-0.3, -0.25) is 9.59 Å². The van der Waals surface area contributed by atoms with Crippen LogP contribution in [0.3, 0.4) is 0 Å². The minimum Gasteiger partial charge on any atom is -0.458 e. The average Bonchev–Trinajstić information content (AvgIpc) is 2.84. The molecule has 0 fully saturated rings. The van der Waals surface area contributed by atoms with Crippen LogP contribution in [0.5, 0.6) is 0 Å². The lowest BCUT2D eigenvalue weighted by molar-refractivity contribution is -0.151. The molecule has 2 aliphatic rings. The second-order valence-electron chi connectivity index (χ2n) is 11.4. The highest BCUT2D eigenvalue weighted by atomic mass is 16.5. The van der Waals surface area contributed by atoms with Gasteiger partial charge in [0.15, 0.2) is 0 Å². The molecular weight excluding hydrogens is 492 g/mol. The lowest BCUT2D eigenvalue weighted by atomic mass is 9.68.